The number of anilines is 1. The number of aliphatic hydroxyl groups is 1. The molecular weight excluding hydrogens is 362 g/mol. The smallest absolute Gasteiger partial charge is 0.314 e. The second-order valence-electron chi connectivity index (χ2n) is 5.22. The Morgan fingerprint density at radius 3 is 2.84 bits per heavy atom. The number of hydrogen-bond acceptors (Lipinski definition) is 7. The Bertz CT molecular complexity index is 870. The maximum Gasteiger partial charge on any atom is 0.314 e. The molecule has 2 amide bonds. The lowest BCUT2D eigenvalue weighted by Gasteiger charge is -2.09. The SMILES string of the molecule is Cc1cc(NC(=O)C(=O)NCC(O)c2ccc(-c3ccsc3)s2)no1. The topological polar surface area (TPSA) is 104 Å². The van der Waals surface area contributed by atoms with Crippen LogP contribution in [0.4, 0.5) is 5.82 Å². The summed E-state index contributed by atoms with van der Waals surface area (Å²) >= 11 is 3.05. The van der Waals surface area contributed by atoms with E-state index in [1.807, 2.05) is 29.0 Å². The number of carbonyl (C=O) groups excluding carboxylic acids is 2. The number of aromatic nitrogens is 1. The number of thiophene rings is 2. The molecular formula is C16H15N3O4S2. The largest absolute Gasteiger partial charge is 0.386 e. The van der Waals surface area contributed by atoms with E-state index >= 15 is 0 Å². The lowest BCUT2D eigenvalue weighted by Crippen LogP contribution is -2.37. The molecule has 0 aromatic carbocycles. The number of amides is 2. The number of nitrogens with zero attached hydrogens (tertiary/aromatic N) is 1. The minimum Gasteiger partial charge on any atom is -0.386 e. The average molecular weight is 377 g/mol. The highest BCUT2D eigenvalue weighted by Gasteiger charge is 2.18. The third kappa shape index (κ3) is 4.32. The van der Waals surface area contributed by atoms with Gasteiger partial charge in [-0.05, 0) is 35.9 Å². The monoisotopic (exact) mass is 377 g/mol. The maximum absolute atomic E-state index is 11.8. The van der Waals surface area contributed by atoms with E-state index in [9.17, 15) is 14.7 Å². The molecule has 1 atom stereocenters. The Morgan fingerprint density at radius 2 is 2.16 bits per heavy atom. The zero-order valence-electron chi connectivity index (χ0n) is 13.2. The fraction of sp³-hybridized carbons (Fsp3) is 0.188. The molecule has 7 nitrogen and oxygen atoms in total. The summed E-state index contributed by atoms with van der Waals surface area (Å²) in [5, 5.41) is 22.5. The summed E-state index contributed by atoms with van der Waals surface area (Å²) in [5.41, 5.74) is 1.10. The Balaban J connectivity index is 1.52. The van der Waals surface area contributed by atoms with Crippen molar-refractivity contribution < 1.29 is 19.2 Å². The van der Waals surface area contributed by atoms with Crippen molar-refractivity contribution in [2.24, 2.45) is 0 Å². The molecule has 0 aliphatic heterocycles. The molecule has 3 aromatic rings. The fourth-order valence-electron chi connectivity index (χ4n) is 2.06. The predicted molar refractivity (Wildman–Crippen MR) is 95.5 cm³/mol. The van der Waals surface area contributed by atoms with Gasteiger partial charge < -0.3 is 14.9 Å². The zero-order valence-corrected chi connectivity index (χ0v) is 14.8. The van der Waals surface area contributed by atoms with Gasteiger partial charge in [0.25, 0.3) is 0 Å². The van der Waals surface area contributed by atoms with Crippen LogP contribution in [-0.2, 0) is 9.59 Å². The van der Waals surface area contributed by atoms with E-state index in [1.165, 1.54) is 17.4 Å². The molecule has 1 unspecified atom stereocenters. The fourth-order valence-corrected chi connectivity index (χ4v) is 3.78. The van der Waals surface area contributed by atoms with E-state index in [0.717, 1.165) is 10.4 Å². The second kappa shape index (κ2) is 7.60. The van der Waals surface area contributed by atoms with Crippen LogP contribution in [0.3, 0.4) is 0 Å². The van der Waals surface area contributed by atoms with Crippen molar-refractivity contribution in [2.75, 3.05) is 11.9 Å². The Kier molecular flexibility index (Phi) is 5.27. The van der Waals surface area contributed by atoms with E-state index < -0.39 is 17.9 Å². The minimum absolute atomic E-state index is 0.0618. The molecule has 9 heteroatoms. The Morgan fingerprint density at radius 1 is 1.32 bits per heavy atom. The highest BCUT2D eigenvalue weighted by Crippen LogP contribution is 2.32. The third-order valence-electron chi connectivity index (χ3n) is 3.29. The number of carbonyl (C=O) groups is 2. The lowest BCUT2D eigenvalue weighted by molar-refractivity contribution is -0.136. The first-order valence-corrected chi connectivity index (χ1v) is 9.11. The summed E-state index contributed by atoms with van der Waals surface area (Å²) in [6.45, 7) is 1.61. The van der Waals surface area contributed by atoms with E-state index in [-0.39, 0.29) is 12.4 Å². The molecule has 0 radical (unpaired) electrons. The van der Waals surface area contributed by atoms with Gasteiger partial charge in [-0.3, -0.25) is 14.9 Å². The van der Waals surface area contributed by atoms with Crippen LogP contribution in [0.15, 0.2) is 39.5 Å². The number of rotatable bonds is 5. The summed E-state index contributed by atoms with van der Waals surface area (Å²) in [6.07, 6.45) is -0.886. The molecule has 25 heavy (non-hydrogen) atoms. The number of hydrogen-bond donors (Lipinski definition) is 3. The number of aryl methyl sites for hydroxylation is 1. The standard InChI is InChI=1S/C16H15N3O4S2/c1-9-6-14(19-23-9)18-16(22)15(21)17-7-11(20)13-3-2-12(25-13)10-4-5-24-8-10/h2-6,8,11,20H,7H2,1H3,(H,17,21)(H,18,19,22). The van der Waals surface area contributed by atoms with Crippen molar-refractivity contribution in [3.05, 3.63) is 45.7 Å². The van der Waals surface area contributed by atoms with Gasteiger partial charge in [-0.25, -0.2) is 0 Å². The normalized spacial score (nSPS) is 11.9. The summed E-state index contributed by atoms with van der Waals surface area (Å²) in [4.78, 5) is 25.3. The van der Waals surface area contributed by atoms with E-state index in [0.29, 0.717) is 10.6 Å². The minimum atomic E-state index is -0.886. The molecule has 0 bridgehead atoms. The van der Waals surface area contributed by atoms with Crippen LogP contribution in [0.1, 0.15) is 16.7 Å². The van der Waals surface area contributed by atoms with E-state index in [2.05, 4.69) is 15.8 Å². The zero-order chi connectivity index (χ0) is 17.8. The van der Waals surface area contributed by atoms with Crippen LogP contribution < -0.4 is 10.6 Å². The van der Waals surface area contributed by atoms with Crippen LogP contribution in [0.5, 0.6) is 0 Å². The average Bonchev–Trinajstić information content (AvgIpc) is 3.33. The van der Waals surface area contributed by atoms with Gasteiger partial charge in [-0.15, -0.1) is 11.3 Å². The molecule has 3 heterocycles. The Labute approximate surface area is 151 Å². The molecule has 0 fully saturated rings. The summed E-state index contributed by atoms with van der Waals surface area (Å²) in [7, 11) is 0. The molecule has 0 aliphatic rings. The quantitative estimate of drug-likeness (QED) is 0.593. The number of nitrogens with one attached hydrogen (secondary N) is 2. The second-order valence-corrected chi connectivity index (χ2v) is 7.11. The van der Waals surface area contributed by atoms with E-state index in [4.69, 9.17) is 4.52 Å². The highest BCUT2D eigenvalue weighted by atomic mass is 32.1. The molecule has 3 rings (SSSR count). The number of aliphatic hydroxyl groups excluding tert-OH is 1. The van der Waals surface area contributed by atoms with Gasteiger partial charge in [0.05, 0.1) is 0 Å². The molecule has 0 saturated heterocycles. The van der Waals surface area contributed by atoms with Gasteiger partial charge in [0.15, 0.2) is 5.82 Å². The van der Waals surface area contributed by atoms with E-state index in [1.54, 1.807) is 18.3 Å². The van der Waals surface area contributed by atoms with Gasteiger partial charge in [0.1, 0.15) is 11.9 Å². The van der Waals surface area contributed by atoms with Crippen molar-refractivity contribution in [3.8, 4) is 10.4 Å². The van der Waals surface area contributed by atoms with Gasteiger partial charge in [-0.1, -0.05) is 5.16 Å². The van der Waals surface area contributed by atoms with Gasteiger partial charge in [0.2, 0.25) is 0 Å². The van der Waals surface area contributed by atoms with Crippen molar-refractivity contribution >= 4 is 40.3 Å². The van der Waals surface area contributed by atoms with Crippen LogP contribution >= 0.6 is 22.7 Å². The van der Waals surface area contributed by atoms with Gasteiger partial charge >= 0.3 is 11.8 Å². The summed E-state index contributed by atoms with van der Waals surface area (Å²) in [5.74, 6) is -1.04. The molecule has 0 spiro atoms. The molecule has 3 aromatic heterocycles. The predicted octanol–water partition coefficient (Wildman–Crippen LogP) is 2.56. The van der Waals surface area contributed by atoms with Gasteiger partial charge in [0, 0.05) is 27.9 Å². The van der Waals surface area contributed by atoms with Crippen LogP contribution in [0, 0.1) is 6.92 Å². The van der Waals surface area contributed by atoms with Gasteiger partial charge in [-0.2, -0.15) is 11.3 Å². The molecule has 130 valence electrons. The first-order chi connectivity index (χ1) is 12.0. The lowest BCUT2D eigenvalue weighted by atomic mass is 10.2. The summed E-state index contributed by atoms with van der Waals surface area (Å²) in [6, 6.07) is 7.24. The van der Waals surface area contributed by atoms with Crippen LogP contribution in [0.25, 0.3) is 10.4 Å². The molecule has 0 saturated carbocycles. The van der Waals surface area contributed by atoms with Crippen LogP contribution in [-0.4, -0.2) is 28.6 Å². The first kappa shape index (κ1) is 17.3. The van der Waals surface area contributed by atoms with Crippen molar-refractivity contribution in [1.29, 1.82) is 0 Å². The first-order valence-electron chi connectivity index (χ1n) is 7.36. The Hall–Kier alpha value is -2.49. The molecule has 3 N–H and O–H groups in total. The maximum atomic E-state index is 11.8. The highest BCUT2D eigenvalue weighted by molar-refractivity contribution is 7.16. The van der Waals surface area contributed by atoms with Crippen LogP contribution in [0.2, 0.25) is 0 Å². The van der Waals surface area contributed by atoms with Crippen molar-refractivity contribution in [3.63, 3.8) is 0 Å². The van der Waals surface area contributed by atoms with Crippen molar-refractivity contribution in [1.82, 2.24) is 10.5 Å². The van der Waals surface area contributed by atoms with Crippen molar-refractivity contribution in [2.45, 2.75) is 13.0 Å². The molecule has 0 aliphatic carbocycles. The third-order valence-corrected chi connectivity index (χ3v) is 5.21. The summed E-state index contributed by atoms with van der Waals surface area (Å²) < 4.78 is 4.80.